The number of nitrogens with one attached hydrogen (secondary N) is 2. The normalized spacial score (nSPS) is 23.9. The van der Waals surface area contributed by atoms with E-state index in [1.165, 1.54) is 11.4 Å². The molecule has 9 heteroatoms. The summed E-state index contributed by atoms with van der Waals surface area (Å²) in [6.07, 6.45) is 3.77. The molecule has 1 aromatic rings. The molecule has 1 aromatic heterocycles. The summed E-state index contributed by atoms with van der Waals surface area (Å²) in [6.45, 7) is 0. The monoisotopic (exact) mass is 302 g/mol. The minimum Gasteiger partial charge on any atom is -0.328 e. The molecule has 0 radical (unpaired) electrons. The van der Waals surface area contributed by atoms with Gasteiger partial charge in [-0.05, 0) is 25.7 Å². The minimum atomic E-state index is -3.92. The quantitative estimate of drug-likeness (QED) is 0.656. The van der Waals surface area contributed by atoms with Crippen molar-refractivity contribution in [3.8, 4) is 0 Å². The van der Waals surface area contributed by atoms with E-state index < -0.39 is 26.2 Å². The zero-order valence-corrected chi connectivity index (χ0v) is 11.9. The first-order valence-corrected chi connectivity index (χ1v) is 7.82. The van der Waals surface area contributed by atoms with Gasteiger partial charge in [-0.3, -0.25) is 9.78 Å². The second-order valence-corrected chi connectivity index (χ2v) is 6.99. The van der Waals surface area contributed by atoms with E-state index in [9.17, 15) is 18.0 Å². The van der Waals surface area contributed by atoms with Crippen LogP contribution in [0.4, 0.5) is 0 Å². The van der Waals surface area contributed by atoms with Gasteiger partial charge in [0, 0.05) is 25.3 Å². The lowest BCUT2D eigenvalue weighted by molar-refractivity contribution is 0.268. The topological polar surface area (TPSA) is 129 Å². The molecule has 20 heavy (non-hydrogen) atoms. The van der Waals surface area contributed by atoms with Gasteiger partial charge in [0.1, 0.15) is 0 Å². The van der Waals surface area contributed by atoms with Gasteiger partial charge in [0.25, 0.3) is 5.56 Å². The molecule has 0 aromatic carbocycles. The molecule has 0 saturated heterocycles. The van der Waals surface area contributed by atoms with Crippen molar-refractivity contribution >= 4 is 10.0 Å². The molecule has 4 N–H and O–H groups in total. The van der Waals surface area contributed by atoms with Gasteiger partial charge in [-0.2, -0.15) is 4.31 Å². The highest BCUT2D eigenvalue weighted by molar-refractivity contribution is 7.89. The van der Waals surface area contributed by atoms with Crippen LogP contribution in [0.25, 0.3) is 0 Å². The van der Waals surface area contributed by atoms with Crippen molar-refractivity contribution in [3.05, 3.63) is 27.0 Å². The number of nitrogens with zero attached hydrogens (tertiary/aromatic N) is 1. The fourth-order valence-corrected chi connectivity index (χ4v) is 3.81. The van der Waals surface area contributed by atoms with Crippen LogP contribution >= 0.6 is 0 Å². The zero-order valence-electron chi connectivity index (χ0n) is 11.1. The minimum absolute atomic E-state index is 0.110. The van der Waals surface area contributed by atoms with Gasteiger partial charge in [0.15, 0.2) is 4.90 Å². The predicted octanol–water partition coefficient (Wildman–Crippen LogP) is -1.05. The highest BCUT2D eigenvalue weighted by Crippen LogP contribution is 2.24. The molecule has 8 nitrogen and oxygen atoms in total. The molecule has 1 aliphatic rings. The van der Waals surface area contributed by atoms with Crippen molar-refractivity contribution < 1.29 is 8.42 Å². The zero-order chi connectivity index (χ0) is 14.9. The fraction of sp³-hybridized carbons (Fsp3) is 0.636. The second-order valence-electron chi connectivity index (χ2n) is 5.03. The van der Waals surface area contributed by atoms with Crippen LogP contribution < -0.4 is 17.0 Å². The Labute approximate surface area is 116 Å². The van der Waals surface area contributed by atoms with E-state index in [1.54, 1.807) is 0 Å². The summed E-state index contributed by atoms with van der Waals surface area (Å²) in [4.78, 5) is 26.2. The van der Waals surface area contributed by atoms with E-state index in [-0.39, 0.29) is 12.1 Å². The molecule has 112 valence electrons. The lowest BCUT2D eigenvalue weighted by Gasteiger charge is -2.32. The van der Waals surface area contributed by atoms with Gasteiger partial charge in [-0.15, -0.1) is 0 Å². The summed E-state index contributed by atoms with van der Waals surface area (Å²) in [5, 5.41) is 0. The number of aromatic amines is 2. The van der Waals surface area contributed by atoms with Crippen LogP contribution in [0.3, 0.4) is 0 Å². The molecule has 1 fully saturated rings. The first-order valence-electron chi connectivity index (χ1n) is 6.38. The Morgan fingerprint density at radius 3 is 2.40 bits per heavy atom. The molecule has 1 aliphatic carbocycles. The molecule has 0 amide bonds. The summed E-state index contributed by atoms with van der Waals surface area (Å²) in [7, 11) is -2.48. The van der Waals surface area contributed by atoms with Gasteiger partial charge in [-0.1, -0.05) is 0 Å². The van der Waals surface area contributed by atoms with Gasteiger partial charge >= 0.3 is 5.69 Å². The summed E-state index contributed by atoms with van der Waals surface area (Å²) in [6, 6.07) is -0.0648. The van der Waals surface area contributed by atoms with Crippen molar-refractivity contribution in [2.45, 2.75) is 42.7 Å². The summed E-state index contributed by atoms with van der Waals surface area (Å²) >= 11 is 0. The summed E-state index contributed by atoms with van der Waals surface area (Å²) in [5.41, 5.74) is 4.15. The summed E-state index contributed by atoms with van der Waals surface area (Å²) < 4.78 is 26.0. The molecular weight excluding hydrogens is 284 g/mol. The van der Waals surface area contributed by atoms with Crippen LogP contribution in [0.15, 0.2) is 20.7 Å². The van der Waals surface area contributed by atoms with Gasteiger partial charge < -0.3 is 10.7 Å². The van der Waals surface area contributed by atoms with Crippen molar-refractivity contribution in [3.63, 3.8) is 0 Å². The van der Waals surface area contributed by atoms with E-state index in [0.29, 0.717) is 12.8 Å². The Kier molecular flexibility index (Phi) is 4.11. The second kappa shape index (κ2) is 5.51. The van der Waals surface area contributed by atoms with Crippen molar-refractivity contribution in [2.75, 3.05) is 7.05 Å². The highest BCUT2D eigenvalue weighted by atomic mass is 32.2. The molecule has 0 bridgehead atoms. The van der Waals surface area contributed by atoms with Crippen molar-refractivity contribution in [1.82, 2.24) is 14.3 Å². The SMILES string of the molecule is CN(C1CCC(N)CC1)S(=O)(=O)c1c[nH]c(=O)[nH]c1=O. The van der Waals surface area contributed by atoms with Gasteiger partial charge in [0.05, 0.1) is 0 Å². The van der Waals surface area contributed by atoms with E-state index in [0.717, 1.165) is 19.0 Å². The van der Waals surface area contributed by atoms with Crippen molar-refractivity contribution in [2.24, 2.45) is 5.73 Å². The first kappa shape index (κ1) is 14.9. The number of aromatic nitrogens is 2. The molecule has 1 heterocycles. The number of H-pyrrole nitrogens is 2. The third kappa shape index (κ3) is 2.84. The van der Waals surface area contributed by atoms with E-state index in [4.69, 9.17) is 5.73 Å². The molecule has 0 spiro atoms. The molecule has 0 aliphatic heterocycles. The fourth-order valence-electron chi connectivity index (χ4n) is 2.41. The average Bonchev–Trinajstić information content (AvgIpc) is 2.38. The third-order valence-corrected chi connectivity index (χ3v) is 5.61. The third-order valence-electron chi connectivity index (χ3n) is 3.70. The van der Waals surface area contributed by atoms with Crippen LogP contribution in [0.2, 0.25) is 0 Å². The molecule has 1 saturated carbocycles. The maximum Gasteiger partial charge on any atom is 0.325 e. The summed E-state index contributed by atoms with van der Waals surface area (Å²) in [5.74, 6) is 0. The molecular formula is C11H18N4O4S. The number of hydrogen-bond acceptors (Lipinski definition) is 5. The predicted molar refractivity (Wildman–Crippen MR) is 72.9 cm³/mol. The molecule has 0 atom stereocenters. The average molecular weight is 302 g/mol. The van der Waals surface area contributed by atoms with Crippen molar-refractivity contribution in [1.29, 1.82) is 0 Å². The number of sulfonamides is 1. The van der Waals surface area contributed by atoms with E-state index in [1.807, 2.05) is 4.98 Å². The maximum atomic E-state index is 12.4. The lowest BCUT2D eigenvalue weighted by Crippen LogP contribution is -2.43. The molecule has 0 unspecified atom stereocenters. The Morgan fingerprint density at radius 2 is 1.85 bits per heavy atom. The number of rotatable bonds is 3. The maximum absolute atomic E-state index is 12.4. The van der Waals surface area contributed by atoms with Crippen LogP contribution in [-0.4, -0.2) is 41.8 Å². The largest absolute Gasteiger partial charge is 0.328 e. The molecule has 2 rings (SSSR count). The van der Waals surface area contributed by atoms with Gasteiger partial charge in [-0.25, -0.2) is 13.2 Å². The number of nitrogens with two attached hydrogens (primary N) is 1. The van der Waals surface area contributed by atoms with E-state index in [2.05, 4.69) is 4.98 Å². The van der Waals surface area contributed by atoms with Gasteiger partial charge in [0.2, 0.25) is 10.0 Å². The smallest absolute Gasteiger partial charge is 0.325 e. The standard InChI is InChI=1S/C11H18N4O4S/c1-15(8-4-2-7(12)3-5-8)20(18,19)9-6-13-11(17)14-10(9)16/h6-8H,2-5,12H2,1H3,(H2,13,14,16,17). The lowest BCUT2D eigenvalue weighted by atomic mass is 9.92. The Balaban J connectivity index is 2.30. The first-order chi connectivity index (χ1) is 9.32. The van der Waals surface area contributed by atoms with Crippen LogP contribution in [0.5, 0.6) is 0 Å². The van der Waals surface area contributed by atoms with Crippen LogP contribution in [0, 0.1) is 0 Å². The van der Waals surface area contributed by atoms with Crippen LogP contribution in [-0.2, 0) is 10.0 Å². The Hall–Kier alpha value is -1.45. The van der Waals surface area contributed by atoms with Crippen LogP contribution in [0.1, 0.15) is 25.7 Å². The number of hydrogen-bond donors (Lipinski definition) is 3. The Bertz CT molecular complexity index is 685. The van der Waals surface area contributed by atoms with E-state index >= 15 is 0 Å². The Morgan fingerprint density at radius 1 is 1.25 bits per heavy atom. The highest BCUT2D eigenvalue weighted by Gasteiger charge is 2.32.